The fourth-order valence-electron chi connectivity index (χ4n) is 2.74. The number of amides is 2. The molecule has 0 aromatic heterocycles. The summed E-state index contributed by atoms with van der Waals surface area (Å²) in [6.45, 7) is 9.50. The van der Waals surface area contributed by atoms with Gasteiger partial charge in [0.25, 0.3) is 11.8 Å². The zero-order chi connectivity index (χ0) is 19.5. The van der Waals surface area contributed by atoms with Gasteiger partial charge in [0.1, 0.15) is 5.75 Å². The van der Waals surface area contributed by atoms with Crippen molar-refractivity contribution < 1.29 is 14.3 Å². The molecule has 0 saturated heterocycles. The lowest BCUT2D eigenvalue weighted by Crippen LogP contribution is -2.55. The van der Waals surface area contributed by atoms with Crippen LogP contribution in [0.4, 0.5) is 0 Å². The number of nitrogens with one attached hydrogen (secondary N) is 1. The Labute approximate surface area is 154 Å². The molecule has 0 heterocycles. The number of nitrogens with zero attached hydrogens (tertiary/aromatic N) is 1. The molecule has 0 aliphatic heterocycles. The Bertz CT molecular complexity index is 802. The van der Waals surface area contributed by atoms with E-state index in [1.807, 2.05) is 52.8 Å². The summed E-state index contributed by atoms with van der Waals surface area (Å²) in [4.78, 5) is 25.9. The number of benzene rings is 2. The molecule has 5 nitrogen and oxygen atoms in total. The molecule has 2 rings (SSSR count). The molecule has 138 valence electrons. The fraction of sp³-hybridized carbons (Fsp3) is 0.333. The summed E-state index contributed by atoms with van der Waals surface area (Å²) in [5.74, 6) is -0.194. The van der Waals surface area contributed by atoms with Gasteiger partial charge in [-0.1, -0.05) is 29.3 Å². The Hall–Kier alpha value is -2.82. The van der Waals surface area contributed by atoms with Crippen molar-refractivity contribution in [2.45, 2.75) is 40.2 Å². The summed E-state index contributed by atoms with van der Waals surface area (Å²) in [6, 6.07) is 12.6. The summed E-state index contributed by atoms with van der Waals surface area (Å²) in [6.07, 6.45) is 0. The number of hydrazine groups is 1. The third-order valence-corrected chi connectivity index (χ3v) is 3.91. The summed E-state index contributed by atoms with van der Waals surface area (Å²) >= 11 is 0. The Balaban J connectivity index is 2.36. The first-order valence-corrected chi connectivity index (χ1v) is 8.50. The molecule has 0 bridgehead atoms. The van der Waals surface area contributed by atoms with Gasteiger partial charge < -0.3 is 4.74 Å². The van der Waals surface area contributed by atoms with Crippen LogP contribution in [0.3, 0.4) is 0 Å². The minimum atomic E-state index is -0.605. The first-order valence-electron chi connectivity index (χ1n) is 8.50. The van der Waals surface area contributed by atoms with E-state index in [0.717, 1.165) is 11.1 Å². The number of carbonyl (C=O) groups excluding carboxylic acids is 2. The van der Waals surface area contributed by atoms with Gasteiger partial charge in [-0.15, -0.1) is 0 Å². The number of hydrogen-bond acceptors (Lipinski definition) is 3. The standard InChI is InChI=1S/C21H26N2O3/c1-14-11-15(2)13-16(12-14)20(25)23(21(3,4)5)22-19(24)17-9-7-8-10-18(17)26-6/h7-13H,1-6H3,(H,22,24). The molecule has 0 unspecified atom stereocenters. The predicted octanol–water partition coefficient (Wildman–Crippen LogP) is 3.90. The van der Waals surface area contributed by atoms with Crippen molar-refractivity contribution >= 4 is 11.8 Å². The van der Waals surface area contributed by atoms with E-state index < -0.39 is 11.4 Å². The summed E-state index contributed by atoms with van der Waals surface area (Å²) in [5, 5.41) is 1.37. The highest BCUT2D eigenvalue weighted by Crippen LogP contribution is 2.20. The van der Waals surface area contributed by atoms with Gasteiger partial charge in [0.2, 0.25) is 0 Å². The lowest BCUT2D eigenvalue weighted by Gasteiger charge is -2.35. The second-order valence-corrected chi connectivity index (χ2v) is 7.33. The van der Waals surface area contributed by atoms with Crippen molar-refractivity contribution in [2.24, 2.45) is 0 Å². The van der Waals surface area contributed by atoms with E-state index in [1.54, 1.807) is 24.3 Å². The van der Waals surface area contributed by atoms with E-state index in [-0.39, 0.29) is 5.91 Å². The number of ether oxygens (including phenoxy) is 1. The van der Waals surface area contributed by atoms with Crippen LogP contribution in [0.1, 0.15) is 52.6 Å². The molecule has 26 heavy (non-hydrogen) atoms. The maximum atomic E-state index is 13.1. The molecule has 2 amide bonds. The fourth-order valence-corrected chi connectivity index (χ4v) is 2.74. The highest BCUT2D eigenvalue weighted by Gasteiger charge is 2.30. The third-order valence-electron chi connectivity index (χ3n) is 3.91. The number of hydrogen-bond donors (Lipinski definition) is 1. The van der Waals surface area contributed by atoms with E-state index in [9.17, 15) is 9.59 Å². The van der Waals surface area contributed by atoms with Crippen LogP contribution in [0.25, 0.3) is 0 Å². The zero-order valence-corrected chi connectivity index (χ0v) is 16.2. The SMILES string of the molecule is COc1ccccc1C(=O)NN(C(=O)c1cc(C)cc(C)c1)C(C)(C)C. The zero-order valence-electron chi connectivity index (χ0n) is 16.2. The monoisotopic (exact) mass is 354 g/mol. The smallest absolute Gasteiger partial charge is 0.273 e. The maximum Gasteiger partial charge on any atom is 0.273 e. The predicted molar refractivity (Wildman–Crippen MR) is 102 cm³/mol. The van der Waals surface area contributed by atoms with Gasteiger partial charge in [0.05, 0.1) is 18.2 Å². The molecular weight excluding hydrogens is 328 g/mol. The van der Waals surface area contributed by atoms with Crippen molar-refractivity contribution in [2.75, 3.05) is 7.11 Å². The minimum Gasteiger partial charge on any atom is -0.496 e. The molecule has 5 heteroatoms. The van der Waals surface area contributed by atoms with Crippen LogP contribution in [0.15, 0.2) is 42.5 Å². The summed E-state index contributed by atoms with van der Waals surface area (Å²) in [7, 11) is 1.51. The Morgan fingerprint density at radius 3 is 2.12 bits per heavy atom. The Morgan fingerprint density at radius 1 is 1.00 bits per heavy atom. The summed E-state index contributed by atoms with van der Waals surface area (Å²) in [5.41, 5.74) is 5.05. The van der Waals surface area contributed by atoms with Crippen molar-refractivity contribution in [3.8, 4) is 5.75 Å². The topological polar surface area (TPSA) is 58.6 Å². The number of carbonyl (C=O) groups is 2. The number of aryl methyl sites for hydroxylation is 2. The number of methoxy groups -OCH3 is 1. The molecule has 0 radical (unpaired) electrons. The average molecular weight is 354 g/mol. The van der Waals surface area contributed by atoms with Crippen LogP contribution in [-0.2, 0) is 0 Å². The normalized spacial score (nSPS) is 11.0. The van der Waals surface area contributed by atoms with E-state index >= 15 is 0 Å². The first-order chi connectivity index (χ1) is 12.1. The van der Waals surface area contributed by atoms with Gasteiger partial charge in [-0.2, -0.15) is 0 Å². The third kappa shape index (κ3) is 4.42. The van der Waals surface area contributed by atoms with E-state index in [2.05, 4.69) is 5.43 Å². The molecule has 0 atom stereocenters. The van der Waals surface area contributed by atoms with Gasteiger partial charge in [-0.3, -0.25) is 15.0 Å². The van der Waals surface area contributed by atoms with Crippen molar-refractivity contribution in [1.29, 1.82) is 0 Å². The van der Waals surface area contributed by atoms with Crippen LogP contribution in [0.5, 0.6) is 5.75 Å². The molecular formula is C21H26N2O3. The molecule has 2 aromatic carbocycles. The van der Waals surface area contributed by atoms with Crippen LogP contribution in [-0.4, -0.2) is 29.5 Å². The van der Waals surface area contributed by atoms with Gasteiger partial charge in [-0.25, -0.2) is 5.01 Å². The van der Waals surface area contributed by atoms with Gasteiger partial charge in [0.15, 0.2) is 0 Å². The Kier molecular flexibility index (Phi) is 5.70. The van der Waals surface area contributed by atoms with Gasteiger partial charge in [-0.05, 0) is 58.9 Å². The van der Waals surface area contributed by atoms with E-state index in [0.29, 0.717) is 16.9 Å². The molecule has 0 spiro atoms. The average Bonchev–Trinajstić information content (AvgIpc) is 2.57. The van der Waals surface area contributed by atoms with E-state index in [1.165, 1.54) is 12.1 Å². The maximum absolute atomic E-state index is 13.1. The van der Waals surface area contributed by atoms with Crippen LogP contribution < -0.4 is 10.2 Å². The molecule has 0 aliphatic carbocycles. The Morgan fingerprint density at radius 2 is 1.58 bits per heavy atom. The number of para-hydroxylation sites is 1. The largest absolute Gasteiger partial charge is 0.496 e. The lowest BCUT2D eigenvalue weighted by atomic mass is 10.0. The molecule has 1 N–H and O–H groups in total. The minimum absolute atomic E-state index is 0.257. The molecule has 2 aromatic rings. The molecule has 0 saturated carbocycles. The molecule has 0 aliphatic rings. The van der Waals surface area contributed by atoms with Crippen molar-refractivity contribution in [1.82, 2.24) is 10.4 Å². The van der Waals surface area contributed by atoms with E-state index in [4.69, 9.17) is 4.74 Å². The second kappa shape index (κ2) is 7.60. The van der Waals surface area contributed by atoms with Crippen LogP contribution in [0.2, 0.25) is 0 Å². The van der Waals surface area contributed by atoms with Gasteiger partial charge in [0, 0.05) is 5.56 Å². The highest BCUT2D eigenvalue weighted by molar-refractivity contribution is 6.00. The molecule has 0 fully saturated rings. The number of rotatable bonds is 3. The lowest BCUT2D eigenvalue weighted by molar-refractivity contribution is 0.0357. The second-order valence-electron chi connectivity index (χ2n) is 7.33. The van der Waals surface area contributed by atoms with Crippen LogP contribution >= 0.6 is 0 Å². The van der Waals surface area contributed by atoms with Crippen molar-refractivity contribution in [3.05, 3.63) is 64.7 Å². The van der Waals surface area contributed by atoms with Crippen LogP contribution in [0, 0.1) is 13.8 Å². The highest BCUT2D eigenvalue weighted by atomic mass is 16.5. The summed E-state index contributed by atoms with van der Waals surface area (Å²) < 4.78 is 5.25. The first kappa shape index (κ1) is 19.5. The quantitative estimate of drug-likeness (QED) is 0.851. The van der Waals surface area contributed by atoms with Crippen molar-refractivity contribution in [3.63, 3.8) is 0 Å². The van der Waals surface area contributed by atoms with Gasteiger partial charge >= 0.3 is 0 Å².